The maximum absolute atomic E-state index is 12.9. The molecule has 12 heavy (non-hydrogen) atoms. The zero-order valence-electron chi connectivity index (χ0n) is 6.30. The normalized spacial score (nSPS) is 9.58. The summed E-state index contributed by atoms with van der Waals surface area (Å²) in [5.41, 5.74) is -0.0631. The van der Waals surface area contributed by atoms with Gasteiger partial charge in [-0.3, -0.25) is 4.79 Å². The molecule has 0 radical (unpaired) electrons. The van der Waals surface area contributed by atoms with Crippen LogP contribution in [0.1, 0.15) is 10.4 Å². The fourth-order valence-corrected chi connectivity index (χ4v) is 1.37. The summed E-state index contributed by atoms with van der Waals surface area (Å²) in [6, 6.07) is 2.69. The molecule has 64 valence electrons. The minimum absolute atomic E-state index is 0.0631. The SMILES string of the molecule is COc1c(Br)ccc(F)c1C=O. The van der Waals surface area contributed by atoms with Crippen molar-refractivity contribution in [3.63, 3.8) is 0 Å². The maximum atomic E-state index is 12.9. The molecule has 0 spiro atoms. The Bertz CT molecular complexity index is 312. The second kappa shape index (κ2) is 3.67. The van der Waals surface area contributed by atoms with Gasteiger partial charge in [-0.25, -0.2) is 4.39 Å². The van der Waals surface area contributed by atoms with Crippen LogP contribution in [0.4, 0.5) is 4.39 Å². The lowest BCUT2D eigenvalue weighted by molar-refractivity contribution is 0.111. The Labute approximate surface area is 77.5 Å². The zero-order chi connectivity index (χ0) is 9.14. The van der Waals surface area contributed by atoms with Crippen LogP contribution in [0, 0.1) is 5.82 Å². The number of hydrogen-bond donors (Lipinski definition) is 0. The number of aldehydes is 1. The van der Waals surface area contributed by atoms with E-state index in [0.29, 0.717) is 10.8 Å². The van der Waals surface area contributed by atoms with E-state index >= 15 is 0 Å². The van der Waals surface area contributed by atoms with Crippen molar-refractivity contribution in [3.05, 3.63) is 28.0 Å². The molecule has 0 aliphatic carbocycles. The monoisotopic (exact) mass is 232 g/mol. The minimum Gasteiger partial charge on any atom is -0.495 e. The molecule has 0 atom stereocenters. The molecule has 0 heterocycles. The van der Waals surface area contributed by atoms with Gasteiger partial charge in [0.1, 0.15) is 11.6 Å². The average molecular weight is 233 g/mol. The van der Waals surface area contributed by atoms with E-state index in [-0.39, 0.29) is 11.3 Å². The van der Waals surface area contributed by atoms with E-state index in [1.165, 1.54) is 19.2 Å². The number of carbonyl (C=O) groups excluding carboxylic acids is 1. The van der Waals surface area contributed by atoms with Gasteiger partial charge in [0, 0.05) is 0 Å². The predicted molar refractivity (Wildman–Crippen MR) is 46.0 cm³/mol. The Hall–Kier alpha value is -0.900. The molecule has 0 saturated heterocycles. The van der Waals surface area contributed by atoms with Gasteiger partial charge in [-0.1, -0.05) is 0 Å². The van der Waals surface area contributed by atoms with Crippen molar-refractivity contribution >= 4 is 22.2 Å². The molecule has 0 unspecified atom stereocenters. The van der Waals surface area contributed by atoms with Crippen LogP contribution in [0.2, 0.25) is 0 Å². The number of hydrogen-bond acceptors (Lipinski definition) is 2. The second-order valence-electron chi connectivity index (χ2n) is 2.09. The van der Waals surface area contributed by atoms with Gasteiger partial charge in [0.25, 0.3) is 0 Å². The Kier molecular flexibility index (Phi) is 2.81. The smallest absolute Gasteiger partial charge is 0.156 e. The summed E-state index contributed by atoms with van der Waals surface area (Å²) in [5.74, 6) is -0.352. The first-order valence-corrected chi connectivity index (χ1v) is 3.97. The highest BCUT2D eigenvalue weighted by molar-refractivity contribution is 9.10. The number of methoxy groups -OCH3 is 1. The third-order valence-electron chi connectivity index (χ3n) is 1.42. The molecule has 0 aromatic heterocycles. The number of benzene rings is 1. The standard InChI is InChI=1S/C8H6BrFO2/c1-12-8-5(4-11)7(10)3-2-6(8)9/h2-4H,1H3. The van der Waals surface area contributed by atoms with Crippen molar-refractivity contribution in [1.29, 1.82) is 0 Å². The number of carbonyl (C=O) groups is 1. The highest BCUT2D eigenvalue weighted by Crippen LogP contribution is 2.29. The number of rotatable bonds is 2. The van der Waals surface area contributed by atoms with Crippen LogP contribution in [0.5, 0.6) is 5.75 Å². The van der Waals surface area contributed by atoms with E-state index in [1.807, 2.05) is 0 Å². The first kappa shape index (κ1) is 9.19. The lowest BCUT2D eigenvalue weighted by Crippen LogP contribution is -1.95. The van der Waals surface area contributed by atoms with Crippen LogP contribution >= 0.6 is 15.9 Å². The highest BCUT2D eigenvalue weighted by atomic mass is 79.9. The summed E-state index contributed by atoms with van der Waals surface area (Å²) < 4.78 is 18.3. The van der Waals surface area contributed by atoms with Crippen LogP contribution in [-0.4, -0.2) is 13.4 Å². The molecule has 0 fully saturated rings. The van der Waals surface area contributed by atoms with Crippen LogP contribution in [0.3, 0.4) is 0 Å². The van der Waals surface area contributed by atoms with E-state index in [1.54, 1.807) is 0 Å². The molecule has 0 N–H and O–H groups in total. The first-order valence-electron chi connectivity index (χ1n) is 3.18. The summed E-state index contributed by atoms with van der Waals surface area (Å²) in [6.45, 7) is 0. The van der Waals surface area contributed by atoms with E-state index in [2.05, 4.69) is 15.9 Å². The van der Waals surface area contributed by atoms with Crippen LogP contribution < -0.4 is 4.74 Å². The molecule has 0 bridgehead atoms. The van der Waals surface area contributed by atoms with Gasteiger partial charge in [-0.05, 0) is 28.1 Å². The van der Waals surface area contributed by atoms with Crippen molar-refractivity contribution in [2.75, 3.05) is 7.11 Å². The van der Waals surface area contributed by atoms with Crippen molar-refractivity contribution in [1.82, 2.24) is 0 Å². The fraction of sp³-hybridized carbons (Fsp3) is 0.125. The molecule has 0 amide bonds. The summed E-state index contributed by atoms with van der Waals surface area (Å²) in [4.78, 5) is 10.4. The van der Waals surface area contributed by atoms with Crippen molar-refractivity contribution in [2.45, 2.75) is 0 Å². The van der Waals surface area contributed by atoms with Crippen LogP contribution in [0.25, 0.3) is 0 Å². The highest BCUT2D eigenvalue weighted by Gasteiger charge is 2.11. The lowest BCUT2D eigenvalue weighted by atomic mass is 10.2. The quantitative estimate of drug-likeness (QED) is 0.733. The Morgan fingerprint density at radius 1 is 1.58 bits per heavy atom. The fourth-order valence-electron chi connectivity index (χ4n) is 0.866. The second-order valence-corrected chi connectivity index (χ2v) is 2.95. The van der Waals surface area contributed by atoms with E-state index < -0.39 is 5.82 Å². The van der Waals surface area contributed by atoms with Gasteiger partial charge >= 0.3 is 0 Å². The molecule has 4 heteroatoms. The number of ether oxygens (including phenoxy) is 1. The van der Waals surface area contributed by atoms with Crippen molar-refractivity contribution in [3.8, 4) is 5.75 Å². The van der Waals surface area contributed by atoms with Crippen molar-refractivity contribution in [2.24, 2.45) is 0 Å². The first-order chi connectivity index (χ1) is 5.70. The molecule has 2 nitrogen and oxygen atoms in total. The zero-order valence-corrected chi connectivity index (χ0v) is 7.89. The molecule has 1 aromatic rings. The van der Waals surface area contributed by atoms with Crippen LogP contribution in [-0.2, 0) is 0 Å². The Morgan fingerprint density at radius 3 is 2.67 bits per heavy atom. The number of halogens is 2. The minimum atomic E-state index is -0.579. The molecule has 0 aliphatic heterocycles. The van der Waals surface area contributed by atoms with Gasteiger partial charge in [-0.15, -0.1) is 0 Å². The maximum Gasteiger partial charge on any atom is 0.156 e. The molecule has 1 aromatic carbocycles. The van der Waals surface area contributed by atoms with Gasteiger partial charge in [0.15, 0.2) is 6.29 Å². The molecule has 0 aliphatic rings. The van der Waals surface area contributed by atoms with Gasteiger partial charge in [-0.2, -0.15) is 0 Å². The average Bonchev–Trinajstić information content (AvgIpc) is 2.08. The predicted octanol–water partition coefficient (Wildman–Crippen LogP) is 2.41. The molecule has 1 rings (SSSR count). The topological polar surface area (TPSA) is 26.3 Å². The summed E-state index contributed by atoms with van der Waals surface area (Å²) in [6.07, 6.45) is 0.429. The van der Waals surface area contributed by atoms with Gasteiger partial charge in [0.2, 0.25) is 0 Å². The van der Waals surface area contributed by atoms with Crippen molar-refractivity contribution < 1.29 is 13.9 Å². The Morgan fingerprint density at radius 2 is 2.25 bits per heavy atom. The van der Waals surface area contributed by atoms with Crippen LogP contribution in [0.15, 0.2) is 16.6 Å². The largest absolute Gasteiger partial charge is 0.495 e. The molecular formula is C8H6BrFO2. The third-order valence-corrected chi connectivity index (χ3v) is 2.04. The Balaban J connectivity index is 3.38. The van der Waals surface area contributed by atoms with Gasteiger partial charge < -0.3 is 4.74 Å². The summed E-state index contributed by atoms with van der Waals surface area (Å²) in [5, 5.41) is 0. The van der Waals surface area contributed by atoms with E-state index in [4.69, 9.17) is 4.74 Å². The van der Waals surface area contributed by atoms with E-state index in [9.17, 15) is 9.18 Å². The molecular weight excluding hydrogens is 227 g/mol. The summed E-state index contributed by atoms with van der Waals surface area (Å²) >= 11 is 3.13. The summed E-state index contributed by atoms with van der Waals surface area (Å²) in [7, 11) is 1.38. The lowest BCUT2D eigenvalue weighted by Gasteiger charge is -2.05. The van der Waals surface area contributed by atoms with E-state index in [0.717, 1.165) is 0 Å². The molecule has 0 saturated carbocycles. The van der Waals surface area contributed by atoms with Gasteiger partial charge in [0.05, 0.1) is 17.1 Å². The third kappa shape index (κ3) is 1.48.